The maximum atomic E-state index is 12.3. The molecule has 0 aliphatic carbocycles. The smallest absolute Gasteiger partial charge is 0.242 e. The largest absolute Gasteiger partial charge is 0.497 e. The number of nitrogens with one attached hydrogen (secondary N) is 1. The Kier molecular flexibility index (Phi) is 6.00. The lowest BCUT2D eigenvalue weighted by atomic mass is 9.88. The van der Waals surface area contributed by atoms with Crippen LogP contribution in [0.15, 0.2) is 23.1 Å². The fourth-order valence-electron chi connectivity index (χ4n) is 1.91. The molecule has 120 valence electrons. The number of rotatable bonds is 8. The fraction of sp³-hybridized carbons (Fsp3) is 0.571. The van der Waals surface area contributed by atoms with Gasteiger partial charge in [0, 0.05) is 19.2 Å². The molecule has 0 radical (unpaired) electrons. The van der Waals surface area contributed by atoms with Crippen LogP contribution < -0.4 is 15.2 Å². The molecule has 0 atom stereocenters. The van der Waals surface area contributed by atoms with Gasteiger partial charge in [0.2, 0.25) is 10.0 Å². The highest BCUT2D eigenvalue weighted by Crippen LogP contribution is 2.25. The van der Waals surface area contributed by atoms with Crippen molar-refractivity contribution in [2.75, 3.05) is 26.0 Å². The Balaban J connectivity index is 2.82. The number of aliphatic hydroxyl groups excluding tert-OH is 1. The lowest BCUT2D eigenvalue weighted by Gasteiger charge is -2.24. The van der Waals surface area contributed by atoms with Crippen molar-refractivity contribution in [3.8, 4) is 5.75 Å². The van der Waals surface area contributed by atoms with Gasteiger partial charge < -0.3 is 15.6 Å². The van der Waals surface area contributed by atoms with Gasteiger partial charge in [0.05, 0.1) is 12.8 Å². The van der Waals surface area contributed by atoms with Gasteiger partial charge in [-0.3, -0.25) is 0 Å². The molecule has 0 fully saturated rings. The molecule has 0 saturated heterocycles. The second-order valence-corrected chi connectivity index (χ2v) is 7.46. The number of methoxy groups -OCH3 is 1. The molecule has 0 aliphatic heterocycles. The zero-order chi connectivity index (χ0) is 16.1. The first-order chi connectivity index (χ1) is 9.72. The van der Waals surface area contributed by atoms with Crippen molar-refractivity contribution < 1.29 is 18.3 Å². The normalized spacial score (nSPS) is 12.4. The van der Waals surface area contributed by atoms with Crippen LogP contribution in [0.25, 0.3) is 0 Å². The third-order valence-electron chi connectivity index (χ3n) is 3.26. The topological polar surface area (TPSA) is 102 Å². The fourth-order valence-corrected chi connectivity index (χ4v) is 3.27. The van der Waals surface area contributed by atoms with Gasteiger partial charge in [0.25, 0.3) is 0 Å². The number of hydrogen-bond donors (Lipinski definition) is 3. The molecule has 0 unspecified atom stereocenters. The van der Waals surface area contributed by atoms with E-state index < -0.39 is 10.0 Å². The summed E-state index contributed by atoms with van der Waals surface area (Å²) in [6.45, 7) is 4.27. The molecule has 7 heteroatoms. The zero-order valence-corrected chi connectivity index (χ0v) is 13.5. The highest BCUT2D eigenvalue weighted by atomic mass is 32.2. The van der Waals surface area contributed by atoms with Crippen molar-refractivity contribution in [1.82, 2.24) is 4.72 Å². The number of hydrogen-bond acceptors (Lipinski definition) is 5. The minimum absolute atomic E-state index is 0.0428. The molecular weight excluding hydrogens is 292 g/mol. The number of aliphatic hydroxyl groups is 1. The Bertz CT molecular complexity index is 570. The molecule has 0 amide bonds. The Hall–Kier alpha value is -1.31. The number of nitrogen functional groups attached to an aromatic ring is 1. The highest BCUT2D eigenvalue weighted by molar-refractivity contribution is 7.89. The monoisotopic (exact) mass is 316 g/mol. The van der Waals surface area contributed by atoms with E-state index >= 15 is 0 Å². The second-order valence-electron chi connectivity index (χ2n) is 5.72. The van der Waals surface area contributed by atoms with Crippen molar-refractivity contribution in [3.63, 3.8) is 0 Å². The van der Waals surface area contributed by atoms with Gasteiger partial charge in [0.1, 0.15) is 10.6 Å². The third-order valence-corrected chi connectivity index (χ3v) is 4.73. The quantitative estimate of drug-likeness (QED) is 0.628. The molecular formula is C14H24N2O4S. The molecule has 0 aliphatic rings. The minimum Gasteiger partial charge on any atom is -0.497 e. The Morgan fingerprint density at radius 2 is 2.05 bits per heavy atom. The average Bonchev–Trinajstić information content (AvgIpc) is 2.43. The van der Waals surface area contributed by atoms with E-state index in [9.17, 15) is 8.42 Å². The summed E-state index contributed by atoms with van der Waals surface area (Å²) < 4.78 is 32.2. The van der Waals surface area contributed by atoms with Crippen LogP contribution in [0.1, 0.15) is 26.7 Å². The number of ether oxygens (including phenoxy) is 1. The molecule has 21 heavy (non-hydrogen) atoms. The summed E-state index contributed by atoms with van der Waals surface area (Å²) >= 11 is 0. The molecule has 1 rings (SSSR count). The van der Waals surface area contributed by atoms with E-state index in [2.05, 4.69) is 4.72 Å². The van der Waals surface area contributed by atoms with Gasteiger partial charge in [-0.25, -0.2) is 13.1 Å². The summed E-state index contributed by atoms with van der Waals surface area (Å²) in [5.41, 5.74) is 5.68. The molecule has 4 N–H and O–H groups in total. The van der Waals surface area contributed by atoms with Crippen LogP contribution in [0.4, 0.5) is 5.69 Å². The van der Waals surface area contributed by atoms with E-state index in [0.717, 1.165) is 6.42 Å². The molecule has 1 aromatic rings. The standard InChI is InChI=1S/C14H24N2O4S/c1-14(2,7-4-8-17)10-16-21(18,19)13-6-5-11(20-3)9-12(13)15/h5-6,9,16-17H,4,7-8,10,15H2,1-3H3. The summed E-state index contributed by atoms with van der Waals surface area (Å²) in [4.78, 5) is 0.0428. The van der Waals surface area contributed by atoms with Crippen LogP contribution in [0.3, 0.4) is 0 Å². The van der Waals surface area contributed by atoms with Gasteiger partial charge in [0.15, 0.2) is 0 Å². The summed E-state index contributed by atoms with van der Waals surface area (Å²) in [6, 6.07) is 4.46. The van der Waals surface area contributed by atoms with Gasteiger partial charge >= 0.3 is 0 Å². The van der Waals surface area contributed by atoms with Gasteiger partial charge in [-0.2, -0.15) is 0 Å². The first-order valence-corrected chi connectivity index (χ1v) is 8.24. The molecule has 1 aromatic carbocycles. The zero-order valence-electron chi connectivity index (χ0n) is 12.7. The van der Waals surface area contributed by atoms with Crippen molar-refractivity contribution in [1.29, 1.82) is 0 Å². The predicted molar refractivity (Wildman–Crippen MR) is 82.7 cm³/mol. The van der Waals surface area contributed by atoms with Gasteiger partial charge in [-0.05, 0) is 30.4 Å². The maximum absolute atomic E-state index is 12.3. The van der Waals surface area contributed by atoms with E-state index in [4.69, 9.17) is 15.6 Å². The van der Waals surface area contributed by atoms with E-state index in [0.29, 0.717) is 12.2 Å². The summed E-state index contributed by atoms with van der Waals surface area (Å²) in [7, 11) is -2.18. The molecule has 0 saturated carbocycles. The Labute approximate surface area is 126 Å². The van der Waals surface area contributed by atoms with Crippen molar-refractivity contribution in [2.45, 2.75) is 31.6 Å². The van der Waals surface area contributed by atoms with Gasteiger partial charge in [-0.1, -0.05) is 13.8 Å². The lowest BCUT2D eigenvalue weighted by molar-refractivity contribution is 0.242. The van der Waals surface area contributed by atoms with Crippen molar-refractivity contribution in [2.24, 2.45) is 5.41 Å². The summed E-state index contributed by atoms with van der Waals surface area (Å²) in [5, 5.41) is 8.85. The van der Waals surface area contributed by atoms with E-state index in [-0.39, 0.29) is 29.1 Å². The molecule has 0 heterocycles. The van der Waals surface area contributed by atoms with Crippen LogP contribution in [-0.2, 0) is 10.0 Å². The van der Waals surface area contributed by atoms with Crippen molar-refractivity contribution in [3.05, 3.63) is 18.2 Å². The Morgan fingerprint density at radius 1 is 1.38 bits per heavy atom. The maximum Gasteiger partial charge on any atom is 0.242 e. The predicted octanol–water partition coefficient (Wildman–Crippen LogP) is 1.35. The molecule has 0 bridgehead atoms. The Morgan fingerprint density at radius 3 is 2.57 bits per heavy atom. The first-order valence-electron chi connectivity index (χ1n) is 6.76. The summed E-state index contributed by atoms with van der Waals surface area (Å²) in [6.07, 6.45) is 1.36. The number of anilines is 1. The molecule has 0 spiro atoms. The van der Waals surface area contributed by atoms with Crippen LogP contribution in [-0.4, -0.2) is 33.8 Å². The van der Waals surface area contributed by atoms with Crippen LogP contribution >= 0.6 is 0 Å². The first kappa shape index (κ1) is 17.7. The van der Waals surface area contributed by atoms with Crippen LogP contribution in [0, 0.1) is 5.41 Å². The van der Waals surface area contributed by atoms with Crippen molar-refractivity contribution >= 4 is 15.7 Å². The average molecular weight is 316 g/mol. The molecule has 6 nitrogen and oxygen atoms in total. The highest BCUT2D eigenvalue weighted by Gasteiger charge is 2.23. The lowest BCUT2D eigenvalue weighted by Crippen LogP contribution is -2.34. The van der Waals surface area contributed by atoms with Crippen LogP contribution in [0.5, 0.6) is 5.75 Å². The SMILES string of the molecule is COc1ccc(S(=O)(=O)NCC(C)(C)CCCO)c(N)c1. The number of benzene rings is 1. The van der Waals surface area contributed by atoms with Gasteiger partial charge in [-0.15, -0.1) is 0 Å². The van der Waals surface area contributed by atoms with E-state index in [1.807, 2.05) is 13.8 Å². The number of nitrogens with two attached hydrogens (primary N) is 1. The molecule has 0 aromatic heterocycles. The minimum atomic E-state index is -3.67. The summed E-state index contributed by atoms with van der Waals surface area (Å²) in [5.74, 6) is 0.509. The van der Waals surface area contributed by atoms with Crippen LogP contribution in [0.2, 0.25) is 0 Å². The van der Waals surface area contributed by atoms with E-state index in [1.165, 1.54) is 19.2 Å². The second kappa shape index (κ2) is 7.11. The number of sulfonamides is 1. The third kappa shape index (κ3) is 5.18. The van der Waals surface area contributed by atoms with E-state index in [1.54, 1.807) is 6.07 Å².